The molecule has 176 valence electrons. The molecule has 30 heavy (non-hydrogen) atoms. The standard InChI is InChI=1S/C26H48O4/c1-3-5-7-9-11-13-15-20-25(27)29-23-18-17-19-24(22-23)30-26(28)21-16-14-12-10-8-6-4-2/h23-24H,3-22H2,1-2H3. The van der Waals surface area contributed by atoms with Crippen molar-refractivity contribution < 1.29 is 19.1 Å². The maximum Gasteiger partial charge on any atom is 0.306 e. The minimum atomic E-state index is -0.0800. The Bertz CT molecular complexity index is 397. The van der Waals surface area contributed by atoms with E-state index in [0.29, 0.717) is 19.3 Å². The van der Waals surface area contributed by atoms with Crippen LogP contribution in [0.2, 0.25) is 0 Å². The molecule has 1 aliphatic carbocycles. The Balaban J connectivity index is 2.07. The largest absolute Gasteiger partial charge is 0.462 e. The number of ether oxygens (including phenoxy) is 2. The molecule has 0 radical (unpaired) electrons. The normalized spacial score (nSPS) is 18.9. The summed E-state index contributed by atoms with van der Waals surface area (Å²) in [7, 11) is 0. The van der Waals surface area contributed by atoms with Gasteiger partial charge in [-0.05, 0) is 32.1 Å². The van der Waals surface area contributed by atoms with Gasteiger partial charge in [0, 0.05) is 19.3 Å². The van der Waals surface area contributed by atoms with Crippen molar-refractivity contribution >= 4 is 11.9 Å². The van der Waals surface area contributed by atoms with Crippen molar-refractivity contribution in [1.82, 2.24) is 0 Å². The number of hydrogen-bond donors (Lipinski definition) is 0. The second kappa shape index (κ2) is 18.7. The number of esters is 2. The van der Waals surface area contributed by atoms with E-state index in [9.17, 15) is 9.59 Å². The smallest absolute Gasteiger partial charge is 0.306 e. The van der Waals surface area contributed by atoms with E-state index in [0.717, 1.165) is 44.9 Å². The van der Waals surface area contributed by atoms with Crippen LogP contribution in [0, 0.1) is 0 Å². The number of carbonyl (C=O) groups is 2. The van der Waals surface area contributed by atoms with Gasteiger partial charge < -0.3 is 9.47 Å². The fourth-order valence-electron chi connectivity index (χ4n) is 4.26. The molecule has 0 bridgehead atoms. The Kier molecular flexibility index (Phi) is 16.8. The summed E-state index contributed by atoms with van der Waals surface area (Å²) in [4.78, 5) is 24.2. The summed E-state index contributed by atoms with van der Waals surface area (Å²) in [5.74, 6) is -0.160. The lowest BCUT2D eigenvalue weighted by atomic mass is 9.94. The first-order valence-electron chi connectivity index (χ1n) is 13.0. The van der Waals surface area contributed by atoms with Crippen LogP contribution >= 0.6 is 0 Å². The van der Waals surface area contributed by atoms with E-state index in [1.165, 1.54) is 64.2 Å². The Hall–Kier alpha value is -1.06. The van der Waals surface area contributed by atoms with Crippen LogP contribution in [0.15, 0.2) is 0 Å². The van der Waals surface area contributed by atoms with Crippen molar-refractivity contribution in [3.63, 3.8) is 0 Å². The van der Waals surface area contributed by atoms with Crippen LogP contribution in [0.3, 0.4) is 0 Å². The first-order chi connectivity index (χ1) is 14.7. The molecule has 0 heterocycles. The van der Waals surface area contributed by atoms with Crippen molar-refractivity contribution in [1.29, 1.82) is 0 Å². The second-order valence-corrected chi connectivity index (χ2v) is 9.13. The fraction of sp³-hybridized carbons (Fsp3) is 0.923. The van der Waals surface area contributed by atoms with Gasteiger partial charge in [0.15, 0.2) is 0 Å². The highest BCUT2D eigenvalue weighted by Crippen LogP contribution is 2.25. The molecule has 0 N–H and O–H groups in total. The average molecular weight is 425 g/mol. The Morgan fingerprint density at radius 3 is 1.37 bits per heavy atom. The summed E-state index contributed by atoms with van der Waals surface area (Å²) < 4.78 is 11.3. The third-order valence-electron chi connectivity index (χ3n) is 6.14. The van der Waals surface area contributed by atoms with Crippen molar-refractivity contribution in [2.24, 2.45) is 0 Å². The number of hydrogen-bond acceptors (Lipinski definition) is 4. The van der Waals surface area contributed by atoms with Crippen LogP contribution in [-0.2, 0) is 19.1 Å². The van der Waals surface area contributed by atoms with Gasteiger partial charge in [-0.25, -0.2) is 0 Å². The quantitative estimate of drug-likeness (QED) is 0.167. The zero-order valence-electron chi connectivity index (χ0n) is 19.9. The van der Waals surface area contributed by atoms with Crippen LogP contribution in [0.5, 0.6) is 0 Å². The molecule has 0 aromatic carbocycles. The van der Waals surface area contributed by atoms with Crippen LogP contribution < -0.4 is 0 Å². The third-order valence-corrected chi connectivity index (χ3v) is 6.14. The maximum absolute atomic E-state index is 12.1. The molecule has 0 aromatic rings. The highest BCUT2D eigenvalue weighted by atomic mass is 16.6. The van der Waals surface area contributed by atoms with Crippen LogP contribution in [-0.4, -0.2) is 24.1 Å². The van der Waals surface area contributed by atoms with Gasteiger partial charge in [0.05, 0.1) is 0 Å². The molecule has 1 aliphatic rings. The molecule has 1 rings (SSSR count). The van der Waals surface area contributed by atoms with E-state index >= 15 is 0 Å². The van der Waals surface area contributed by atoms with Gasteiger partial charge in [-0.2, -0.15) is 0 Å². The summed E-state index contributed by atoms with van der Waals surface area (Å²) in [5, 5.41) is 0. The van der Waals surface area contributed by atoms with Crippen LogP contribution in [0.25, 0.3) is 0 Å². The molecular weight excluding hydrogens is 376 g/mol. The Morgan fingerprint density at radius 2 is 0.967 bits per heavy atom. The van der Waals surface area contributed by atoms with Gasteiger partial charge in [-0.3, -0.25) is 9.59 Å². The van der Waals surface area contributed by atoms with Gasteiger partial charge in [-0.15, -0.1) is 0 Å². The Morgan fingerprint density at radius 1 is 0.600 bits per heavy atom. The SMILES string of the molecule is CCCCCCCCCC(=O)OC1CCCC(OC(=O)CCCCCCCCC)C1. The van der Waals surface area contributed by atoms with Gasteiger partial charge in [-0.1, -0.05) is 90.9 Å². The summed E-state index contributed by atoms with van der Waals surface area (Å²) in [6.07, 6.45) is 21.2. The first kappa shape index (κ1) is 27.0. The summed E-state index contributed by atoms with van der Waals surface area (Å²) in [6, 6.07) is 0. The predicted molar refractivity (Wildman–Crippen MR) is 123 cm³/mol. The minimum Gasteiger partial charge on any atom is -0.462 e. The van der Waals surface area contributed by atoms with Gasteiger partial charge in [0.2, 0.25) is 0 Å². The summed E-state index contributed by atoms with van der Waals surface area (Å²) in [5.41, 5.74) is 0. The molecule has 0 spiro atoms. The molecule has 4 heteroatoms. The lowest BCUT2D eigenvalue weighted by molar-refractivity contribution is -0.158. The Labute approximate surface area is 185 Å². The second-order valence-electron chi connectivity index (χ2n) is 9.13. The molecule has 1 fully saturated rings. The predicted octanol–water partition coefficient (Wildman–Crippen LogP) is 7.67. The summed E-state index contributed by atoms with van der Waals surface area (Å²) >= 11 is 0. The molecular formula is C26H48O4. The number of unbranched alkanes of at least 4 members (excludes halogenated alkanes) is 12. The molecule has 0 saturated heterocycles. The zero-order valence-corrected chi connectivity index (χ0v) is 19.9. The fourth-order valence-corrected chi connectivity index (χ4v) is 4.26. The lowest BCUT2D eigenvalue weighted by Crippen LogP contribution is -2.31. The van der Waals surface area contributed by atoms with E-state index in [1.54, 1.807) is 0 Å². The van der Waals surface area contributed by atoms with Crippen LogP contribution in [0.4, 0.5) is 0 Å². The molecule has 0 aliphatic heterocycles. The van der Waals surface area contributed by atoms with E-state index in [1.807, 2.05) is 0 Å². The van der Waals surface area contributed by atoms with Crippen molar-refractivity contribution in [2.75, 3.05) is 0 Å². The lowest BCUT2D eigenvalue weighted by Gasteiger charge is -2.28. The third kappa shape index (κ3) is 14.8. The van der Waals surface area contributed by atoms with Gasteiger partial charge in [0.25, 0.3) is 0 Å². The van der Waals surface area contributed by atoms with Crippen molar-refractivity contribution in [2.45, 2.75) is 154 Å². The molecule has 4 nitrogen and oxygen atoms in total. The molecule has 2 unspecified atom stereocenters. The van der Waals surface area contributed by atoms with Crippen LogP contribution in [0.1, 0.15) is 142 Å². The average Bonchev–Trinajstić information content (AvgIpc) is 2.72. The monoisotopic (exact) mass is 424 g/mol. The first-order valence-corrected chi connectivity index (χ1v) is 13.0. The minimum absolute atomic E-state index is 0.0767. The van der Waals surface area contributed by atoms with Crippen molar-refractivity contribution in [3.05, 3.63) is 0 Å². The molecule has 2 atom stereocenters. The molecule has 0 amide bonds. The highest BCUT2D eigenvalue weighted by molar-refractivity contribution is 5.70. The van der Waals surface area contributed by atoms with E-state index in [2.05, 4.69) is 13.8 Å². The highest BCUT2D eigenvalue weighted by Gasteiger charge is 2.27. The number of carbonyl (C=O) groups excluding carboxylic acids is 2. The number of rotatable bonds is 18. The molecule has 1 saturated carbocycles. The van der Waals surface area contributed by atoms with Gasteiger partial charge >= 0.3 is 11.9 Å². The van der Waals surface area contributed by atoms with Crippen molar-refractivity contribution in [3.8, 4) is 0 Å². The van der Waals surface area contributed by atoms with E-state index < -0.39 is 0 Å². The van der Waals surface area contributed by atoms with Gasteiger partial charge in [0.1, 0.15) is 12.2 Å². The topological polar surface area (TPSA) is 52.6 Å². The summed E-state index contributed by atoms with van der Waals surface area (Å²) in [6.45, 7) is 4.45. The van der Waals surface area contributed by atoms with E-state index in [-0.39, 0.29) is 24.1 Å². The maximum atomic E-state index is 12.1. The van der Waals surface area contributed by atoms with E-state index in [4.69, 9.17) is 9.47 Å². The zero-order chi connectivity index (χ0) is 21.9. The molecule has 0 aromatic heterocycles.